The molecule has 0 aliphatic rings. The van der Waals surface area contributed by atoms with Gasteiger partial charge in [0.2, 0.25) is 0 Å². The third kappa shape index (κ3) is 5.06. The zero-order chi connectivity index (χ0) is 23.5. The summed E-state index contributed by atoms with van der Waals surface area (Å²) in [5.74, 6) is -1.40. The average molecular weight is 508 g/mol. The van der Waals surface area contributed by atoms with Gasteiger partial charge in [0.15, 0.2) is 18.2 Å². The third-order valence-electron chi connectivity index (χ3n) is 4.97. The molecule has 0 aliphatic heterocycles. The molecule has 3 aromatic carbocycles. The van der Waals surface area contributed by atoms with E-state index in [1.807, 2.05) is 32.0 Å². The number of ketones is 1. The number of carbonyl (C=O) groups is 2. The summed E-state index contributed by atoms with van der Waals surface area (Å²) < 4.78 is 21.0. The van der Waals surface area contributed by atoms with E-state index in [2.05, 4.69) is 26.0 Å². The zero-order valence-electron chi connectivity index (χ0n) is 17.9. The highest BCUT2D eigenvalue weighted by atomic mass is 79.9. The number of Topliss-reactive ketones (excluding diaryl/α,β-unsaturated/α-hetero) is 1. The number of nitrogens with zero attached hydrogens (tertiary/aromatic N) is 3. The van der Waals surface area contributed by atoms with Gasteiger partial charge in [-0.25, -0.2) is 18.9 Å². The Balaban J connectivity index is 1.64. The fourth-order valence-corrected chi connectivity index (χ4v) is 3.57. The van der Waals surface area contributed by atoms with E-state index in [-0.39, 0.29) is 17.4 Å². The van der Waals surface area contributed by atoms with Crippen molar-refractivity contribution >= 4 is 27.7 Å². The maximum atomic E-state index is 13.5. The summed E-state index contributed by atoms with van der Waals surface area (Å²) in [5, 5.41) is 4.35. The van der Waals surface area contributed by atoms with Crippen LogP contribution in [-0.2, 0) is 4.74 Å². The van der Waals surface area contributed by atoms with Gasteiger partial charge in [-0.2, -0.15) is 0 Å². The monoisotopic (exact) mass is 507 g/mol. The minimum absolute atomic E-state index is 0.196. The lowest BCUT2D eigenvalue weighted by Gasteiger charge is -2.09. The van der Waals surface area contributed by atoms with Gasteiger partial charge in [-0.3, -0.25) is 4.79 Å². The smallest absolute Gasteiger partial charge is 0.378 e. The predicted molar refractivity (Wildman–Crippen MR) is 125 cm³/mol. The molecule has 0 atom stereocenters. The van der Waals surface area contributed by atoms with Gasteiger partial charge in [-0.15, -0.1) is 5.10 Å². The molecule has 0 saturated carbocycles. The molecule has 1 aromatic heterocycles. The molecule has 0 fully saturated rings. The first kappa shape index (κ1) is 22.5. The molecule has 0 N–H and O–H groups in total. The second-order valence-electron chi connectivity index (χ2n) is 7.47. The number of hydrogen-bond donors (Lipinski definition) is 0. The van der Waals surface area contributed by atoms with Gasteiger partial charge in [-0.05, 0) is 61.9 Å². The minimum atomic E-state index is -0.827. The van der Waals surface area contributed by atoms with Gasteiger partial charge < -0.3 is 4.74 Å². The van der Waals surface area contributed by atoms with Crippen LogP contribution in [0.15, 0.2) is 71.2 Å². The Kier molecular flexibility index (Phi) is 6.46. The first-order chi connectivity index (χ1) is 15.8. The number of aryl methyl sites for hydroxylation is 2. The third-order valence-corrected chi connectivity index (χ3v) is 5.50. The lowest BCUT2D eigenvalue weighted by molar-refractivity contribution is 0.0462. The Hall–Kier alpha value is -3.65. The molecule has 166 valence electrons. The van der Waals surface area contributed by atoms with Crippen molar-refractivity contribution in [1.29, 1.82) is 0 Å². The molecule has 0 aliphatic carbocycles. The molecule has 1 heterocycles. The summed E-state index contributed by atoms with van der Waals surface area (Å²) >= 11 is 3.31. The van der Waals surface area contributed by atoms with Crippen molar-refractivity contribution in [2.24, 2.45) is 0 Å². The molecule has 0 bridgehead atoms. The van der Waals surface area contributed by atoms with E-state index >= 15 is 0 Å². The topological polar surface area (TPSA) is 74.1 Å². The largest absolute Gasteiger partial charge is 0.451 e. The standard InChI is InChI=1S/C25H19BrFN3O3/c1-15-3-12-21(16(2)13-15)30-24(18-6-10-20(27)11-7-18)28-23(29-30)25(32)33-14-22(31)17-4-8-19(26)9-5-17/h3-13H,14H2,1-2H3. The summed E-state index contributed by atoms with van der Waals surface area (Å²) in [6.07, 6.45) is 0. The number of aromatic nitrogens is 3. The first-order valence-electron chi connectivity index (χ1n) is 10.1. The van der Waals surface area contributed by atoms with Crippen LogP contribution in [0.25, 0.3) is 17.1 Å². The SMILES string of the molecule is Cc1ccc(-n2nc(C(=O)OCC(=O)c3ccc(Br)cc3)nc2-c2ccc(F)cc2)c(C)c1. The molecule has 4 rings (SSSR count). The molecular formula is C25H19BrFN3O3. The number of ether oxygens (including phenoxy) is 1. The molecule has 33 heavy (non-hydrogen) atoms. The van der Waals surface area contributed by atoms with Crippen LogP contribution < -0.4 is 0 Å². The van der Waals surface area contributed by atoms with E-state index in [9.17, 15) is 14.0 Å². The Labute approximate surface area is 198 Å². The fraction of sp³-hybridized carbons (Fsp3) is 0.120. The highest BCUT2D eigenvalue weighted by Crippen LogP contribution is 2.24. The van der Waals surface area contributed by atoms with Crippen molar-refractivity contribution in [3.05, 3.63) is 99.5 Å². The molecule has 0 unspecified atom stereocenters. The fourth-order valence-electron chi connectivity index (χ4n) is 3.31. The maximum absolute atomic E-state index is 13.5. The predicted octanol–water partition coefficient (Wildman–Crippen LogP) is 5.49. The molecule has 0 amide bonds. The van der Waals surface area contributed by atoms with E-state index in [1.54, 1.807) is 36.4 Å². The number of benzene rings is 3. The van der Waals surface area contributed by atoms with Crippen LogP contribution in [0.4, 0.5) is 4.39 Å². The number of esters is 1. The van der Waals surface area contributed by atoms with Gasteiger partial charge in [0, 0.05) is 15.6 Å². The first-order valence-corrected chi connectivity index (χ1v) is 10.9. The van der Waals surface area contributed by atoms with Crippen molar-refractivity contribution in [3.8, 4) is 17.1 Å². The molecule has 6 nitrogen and oxygen atoms in total. The lowest BCUT2D eigenvalue weighted by atomic mass is 10.1. The summed E-state index contributed by atoms with van der Waals surface area (Å²) in [6.45, 7) is 3.46. The highest BCUT2D eigenvalue weighted by molar-refractivity contribution is 9.10. The van der Waals surface area contributed by atoms with Crippen LogP contribution in [-0.4, -0.2) is 33.1 Å². The summed E-state index contributed by atoms with van der Waals surface area (Å²) in [5.41, 5.74) is 3.72. The van der Waals surface area contributed by atoms with Gasteiger partial charge in [-0.1, -0.05) is 45.8 Å². The zero-order valence-corrected chi connectivity index (χ0v) is 19.5. The van der Waals surface area contributed by atoms with E-state index in [1.165, 1.54) is 16.8 Å². The van der Waals surface area contributed by atoms with Crippen molar-refractivity contribution in [2.45, 2.75) is 13.8 Å². The van der Waals surface area contributed by atoms with E-state index in [0.29, 0.717) is 17.0 Å². The van der Waals surface area contributed by atoms with Crippen LogP contribution in [0.2, 0.25) is 0 Å². The van der Waals surface area contributed by atoms with Crippen LogP contribution in [0.1, 0.15) is 32.1 Å². The Morgan fingerprint density at radius 2 is 1.70 bits per heavy atom. The number of rotatable bonds is 6. The Morgan fingerprint density at radius 3 is 2.36 bits per heavy atom. The van der Waals surface area contributed by atoms with E-state index in [0.717, 1.165) is 21.3 Å². The van der Waals surface area contributed by atoms with Crippen LogP contribution in [0.3, 0.4) is 0 Å². The second kappa shape index (κ2) is 9.46. The Morgan fingerprint density at radius 1 is 1.00 bits per heavy atom. The summed E-state index contributed by atoms with van der Waals surface area (Å²) in [6, 6.07) is 18.3. The van der Waals surface area contributed by atoms with Crippen molar-refractivity contribution in [2.75, 3.05) is 6.61 Å². The summed E-state index contributed by atoms with van der Waals surface area (Å²) in [4.78, 5) is 29.4. The van der Waals surface area contributed by atoms with Crippen molar-refractivity contribution in [3.63, 3.8) is 0 Å². The van der Waals surface area contributed by atoms with Gasteiger partial charge >= 0.3 is 5.97 Å². The minimum Gasteiger partial charge on any atom is -0.451 e. The molecular weight excluding hydrogens is 489 g/mol. The van der Waals surface area contributed by atoms with Gasteiger partial charge in [0.05, 0.1) is 5.69 Å². The van der Waals surface area contributed by atoms with Gasteiger partial charge in [0.25, 0.3) is 5.82 Å². The molecule has 0 radical (unpaired) electrons. The summed E-state index contributed by atoms with van der Waals surface area (Å²) in [7, 11) is 0. The van der Waals surface area contributed by atoms with Crippen molar-refractivity contribution in [1.82, 2.24) is 14.8 Å². The van der Waals surface area contributed by atoms with Gasteiger partial charge in [0.1, 0.15) is 5.82 Å². The normalized spacial score (nSPS) is 10.8. The van der Waals surface area contributed by atoms with E-state index < -0.39 is 12.6 Å². The number of halogens is 2. The quantitative estimate of drug-likeness (QED) is 0.254. The molecule has 0 saturated heterocycles. The highest BCUT2D eigenvalue weighted by Gasteiger charge is 2.22. The Bertz CT molecular complexity index is 1330. The van der Waals surface area contributed by atoms with Crippen molar-refractivity contribution < 1.29 is 18.7 Å². The maximum Gasteiger partial charge on any atom is 0.378 e. The average Bonchev–Trinajstić information content (AvgIpc) is 3.23. The van der Waals surface area contributed by atoms with Crippen LogP contribution >= 0.6 is 15.9 Å². The molecule has 8 heteroatoms. The molecule has 0 spiro atoms. The lowest BCUT2D eigenvalue weighted by Crippen LogP contribution is -2.15. The van der Waals surface area contributed by atoms with Crippen LogP contribution in [0, 0.1) is 19.7 Å². The number of hydrogen-bond acceptors (Lipinski definition) is 5. The number of carbonyl (C=O) groups excluding carboxylic acids is 2. The van der Waals surface area contributed by atoms with E-state index in [4.69, 9.17) is 4.74 Å². The van der Waals surface area contributed by atoms with Crippen LogP contribution in [0.5, 0.6) is 0 Å². The second-order valence-corrected chi connectivity index (χ2v) is 8.39. The molecule has 4 aromatic rings.